The van der Waals surface area contributed by atoms with Gasteiger partial charge in [-0.15, -0.1) is 0 Å². The van der Waals surface area contributed by atoms with Gasteiger partial charge in [-0.3, -0.25) is 0 Å². The molecule has 0 aromatic heterocycles. The third-order valence-electron chi connectivity index (χ3n) is 3.39. The van der Waals surface area contributed by atoms with E-state index in [-0.39, 0.29) is 12.1 Å². The van der Waals surface area contributed by atoms with Crippen molar-refractivity contribution in [2.45, 2.75) is 19.4 Å². The number of ether oxygens (including phenoxy) is 1. The zero-order chi connectivity index (χ0) is 13.8. The van der Waals surface area contributed by atoms with Gasteiger partial charge in [-0.25, -0.2) is 8.78 Å². The van der Waals surface area contributed by atoms with E-state index in [1.54, 1.807) is 0 Å². The molecule has 0 bridgehead atoms. The number of hydrogen-bond donors (Lipinski definition) is 0. The summed E-state index contributed by atoms with van der Waals surface area (Å²) in [4.78, 5) is 1.95. The van der Waals surface area contributed by atoms with Gasteiger partial charge in [0.2, 0.25) is 0 Å². The van der Waals surface area contributed by atoms with Gasteiger partial charge in [0.25, 0.3) is 0 Å². The minimum Gasteiger partial charge on any atom is -0.381 e. The Labute approximate surface area is 120 Å². The smallest absolute Gasteiger partial charge is 0.144 e. The van der Waals surface area contributed by atoms with Crippen LogP contribution in [0.15, 0.2) is 16.6 Å². The Hall–Kier alpha value is -0.520. The van der Waals surface area contributed by atoms with E-state index in [9.17, 15) is 8.78 Å². The van der Waals surface area contributed by atoms with E-state index in [1.807, 2.05) is 11.9 Å². The minimum absolute atomic E-state index is 0.119. The lowest BCUT2D eigenvalue weighted by Gasteiger charge is -2.27. The number of benzene rings is 1. The molecule has 1 heterocycles. The van der Waals surface area contributed by atoms with Crippen LogP contribution in [-0.2, 0) is 11.3 Å². The summed E-state index contributed by atoms with van der Waals surface area (Å²) in [5.74, 6) is -0.545. The molecule has 0 amide bonds. The fourth-order valence-electron chi connectivity index (χ4n) is 2.44. The van der Waals surface area contributed by atoms with Crippen LogP contribution in [0.2, 0.25) is 0 Å². The SMILES string of the molecule is CN(Cc1c(F)ccc(Br)c1F)CC1CCCOC1. The average molecular weight is 334 g/mol. The summed E-state index contributed by atoms with van der Waals surface area (Å²) in [5, 5.41) is 0. The third-order valence-corrected chi connectivity index (χ3v) is 4.00. The molecule has 1 aliphatic rings. The Morgan fingerprint density at radius 2 is 2.21 bits per heavy atom. The molecule has 0 radical (unpaired) electrons. The van der Waals surface area contributed by atoms with Gasteiger partial charge >= 0.3 is 0 Å². The maximum Gasteiger partial charge on any atom is 0.144 e. The number of rotatable bonds is 4. The highest BCUT2D eigenvalue weighted by molar-refractivity contribution is 9.10. The molecule has 1 fully saturated rings. The van der Waals surface area contributed by atoms with E-state index >= 15 is 0 Å². The Kier molecular flexibility index (Phi) is 5.30. The van der Waals surface area contributed by atoms with E-state index in [0.717, 1.165) is 32.6 Å². The van der Waals surface area contributed by atoms with Crippen molar-refractivity contribution < 1.29 is 13.5 Å². The normalized spacial score (nSPS) is 19.9. The zero-order valence-corrected chi connectivity index (χ0v) is 12.6. The van der Waals surface area contributed by atoms with Crippen molar-refractivity contribution in [2.24, 2.45) is 5.92 Å². The van der Waals surface area contributed by atoms with Gasteiger partial charge < -0.3 is 9.64 Å². The highest BCUT2D eigenvalue weighted by Gasteiger charge is 2.19. The topological polar surface area (TPSA) is 12.5 Å². The largest absolute Gasteiger partial charge is 0.381 e. The van der Waals surface area contributed by atoms with Crippen LogP contribution >= 0.6 is 15.9 Å². The highest BCUT2D eigenvalue weighted by atomic mass is 79.9. The first-order chi connectivity index (χ1) is 9.08. The molecule has 0 aliphatic carbocycles. The first kappa shape index (κ1) is 14.9. The Balaban J connectivity index is 1.98. The zero-order valence-electron chi connectivity index (χ0n) is 11.0. The molecule has 19 heavy (non-hydrogen) atoms. The summed E-state index contributed by atoms with van der Waals surface area (Å²) in [6.07, 6.45) is 2.19. The lowest BCUT2D eigenvalue weighted by atomic mass is 10.0. The molecule has 5 heteroatoms. The van der Waals surface area contributed by atoms with Crippen LogP contribution in [0.5, 0.6) is 0 Å². The Bertz CT molecular complexity index is 436. The molecule has 2 rings (SSSR count). The van der Waals surface area contributed by atoms with Gasteiger partial charge in [0, 0.05) is 25.3 Å². The van der Waals surface area contributed by atoms with Crippen LogP contribution in [0.3, 0.4) is 0 Å². The second kappa shape index (κ2) is 6.77. The van der Waals surface area contributed by atoms with Gasteiger partial charge in [-0.1, -0.05) is 0 Å². The van der Waals surface area contributed by atoms with Crippen molar-refractivity contribution in [3.05, 3.63) is 33.8 Å². The van der Waals surface area contributed by atoms with Gasteiger partial charge in [0.15, 0.2) is 0 Å². The summed E-state index contributed by atoms with van der Waals surface area (Å²) >= 11 is 3.09. The second-order valence-corrected chi connectivity index (χ2v) is 5.96. The molecule has 1 unspecified atom stereocenters. The van der Waals surface area contributed by atoms with Gasteiger partial charge in [0.1, 0.15) is 11.6 Å². The predicted molar refractivity (Wildman–Crippen MR) is 73.9 cm³/mol. The van der Waals surface area contributed by atoms with E-state index in [4.69, 9.17) is 4.74 Å². The third kappa shape index (κ3) is 3.97. The molecule has 1 aromatic carbocycles. The maximum atomic E-state index is 13.9. The molecular formula is C14H18BrF2NO. The van der Waals surface area contributed by atoms with Crippen LogP contribution in [-0.4, -0.2) is 31.7 Å². The number of nitrogens with zero attached hydrogens (tertiary/aromatic N) is 1. The van der Waals surface area contributed by atoms with Crippen molar-refractivity contribution in [2.75, 3.05) is 26.8 Å². The van der Waals surface area contributed by atoms with E-state index in [0.29, 0.717) is 10.4 Å². The van der Waals surface area contributed by atoms with Crippen LogP contribution in [0.4, 0.5) is 8.78 Å². The summed E-state index contributed by atoms with van der Waals surface area (Å²) in [7, 11) is 1.88. The van der Waals surface area contributed by atoms with E-state index in [2.05, 4.69) is 15.9 Å². The molecule has 1 aromatic rings. The lowest BCUT2D eigenvalue weighted by molar-refractivity contribution is 0.0409. The number of halogens is 3. The van der Waals surface area contributed by atoms with Gasteiger partial charge in [-0.05, 0) is 53.9 Å². The minimum atomic E-state index is -0.508. The van der Waals surface area contributed by atoms with Crippen molar-refractivity contribution in [3.8, 4) is 0 Å². The first-order valence-electron chi connectivity index (χ1n) is 6.46. The first-order valence-corrected chi connectivity index (χ1v) is 7.26. The van der Waals surface area contributed by atoms with Crippen LogP contribution < -0.4 is 0 Å². The quantitative estimate of drug-likeness (QED) is 0.781. The van der Waals surface area contributed by atoms with Crippen molar-refractivity contribution in [1.29, 1.82) is 0 Å². The molecule has 1 atom stereocenters. The summed E-state index contributed by atoms with van der Waals surface area (Å²) in [5.41, 5.74) is 0.119. The lowest BCUT2D eigenvalue weighted by Crippen LogP contribution is -2.31. The Morgan fingerprint density at radius 1 is 1.42 bits per heavy atom. The second-order valence-electron chi connectivity index (χ2n) is 5.10. The van der Waals surface area contributed by atoms with Crippen molar-refractivity contribution in [1.82, 2.24) is 4.90 Å². The highest BCUT2D eigenvalue weighted by Crippen LogP contribution is 2.23. The van der Waals surface area contributed by atoms with Crippen molar-refractivity contribution in [3.63, 3.8) is 0 Å². The van der Waals surface area contributed by atoms with E-state index in [1.165, 1.54) is 12.1 Å². The predicted octanol–water partition coefficient (Wildman–Crippen LogP) is 3.59. The van der Waals surface area contributed by atoms with Gasteiger partial charge in [-0.2, -0.15) is 0 Å². The number of hydrogen-bond acceptors (Lipinski definition) is 2. The molecule has 0 saturated carbocycles. The summed E-state index contributed by atoms with van der Waals surface area (Å²) < 4.78 is 33.2. The molecule has 1 saturated heterocycles. The Morgan fingerprint density at radius 3 is 2.89 bits per heavy atom. The fourth-order valence-corrected chi connectivity index (χ4v) is 2.81. The van der Waals surface area contributed by atoms with Crippen LogP contribution in [0.1, 0.15) is 18.4 Å². The molecule has 0 spiro atoms. The summed E-state index contributed by atoms with van der Waals surface area (Å²) in [6, 6.07) is 2.68. The molecule has 106 valence electrons. The van der Waals surface area contributed by atoms with Gasteiger partial charge in [0.05, 0.1) is 11.1 Å². The van der Waals surface area contributed by atoms with Crippen LogP contribution in [0.25, 0.3) is 0 Å². The summed E-state index contributed by atoms with van der Waals surface area (Å²) in [6.45, 7) is 2.64. The maximum absolute atomic E-state index is 13.9. The fraction of sp³-hybridized carbons (Fsp3) is 0.571. The standard InChI is InChI=1S/C14H18BrF2NO/c1-18(7-10-3-2-6-19-9-10)8-11-13(16)5-4-12(15)14(11)17/h4-5,10H,2-3,6-9H2,1H3. The van der Waals surface area contributed by atoms with Crippen LogP contribution in [0, 0.1) is 17.6 Å². The molecule has 1 aliphatic heterocycles. The van der Waals surface area contributed by atoms with Crippen molar-refractivity contribution >= 4 is 15.9 Å². The van der Waals surface area contributed by atoms with E-state index < -0.39 is 11.6 Å². The monoisotopic (exact) mass is 333 g/mol. The molecule has 2 nitrogen and oxygen atoms in total. The molecule has 0 N–H and O–H groups in total. The molecular weight excluding hydrogens is 316 g/mol. The average Bonchev–Trinajstić information content (AvgIpc) is 2.40.